The van der Waals surface area contributed by atoms with Crippen LogP contribution in [-0.4, -0.2) is 62.7 Å². The Kier molecular flexibility index (Phi) is 6.62. The lowest BCUT2D eigenvalue weighted by atomic mass is 10.2. The number of oxazole rings is 1. The second-order valence-corrected chi connectivity index (χ2v) is 10.1. The van der Waals surface area contributed by atoms with Gasteiger partial charge in [-0.2, -0.15) is 4.98 Å². The van der Waals surface area contributed by atoms with E-state index in [2.05, 4.69) is 35.5 Å². The van der Waals surface area contributed by atoms with Gasteiger partial charge in [0.1, 0.15) is 17.2 Å². The van der Waals surface area contributed by atoms with E-state index in [4.69, 9.17) is 9.15 Å². The van der Waals surface area contributed by atoms with Crippen molar-refractivity contribution in [1.82, 2.24) is 24.8 Å². The molecule has 0 spiro atoms. The maximum Gasteiger partial charge on any atom is 0.417 e. The van der Waals surface area contributed by atoms with Gasteiger partial charge in [-0.05, 0) is 58.0 Å². The average Bonchev–Trinajstić information content (AvgIpc) is 3.25. The number of ether oxygens (including phenoxy) is 1. The summed E-state index contributed by atoms with van der Waals surface area (Å²) in [6, 6.07) is 9.16. The first-order chi connectivity index (χ1) is 18.1. The molecule has 1 amide bonds. The van der Waals surface area contributed by atoms with Crippen LogP contribution in [0.15, 0.2) is 51.9 Å². The number of aromatic nitrogens is 4. The average molecular weight is 519 g/mol. The number of aromatic amines is 1. The van der Waals surface area contributed by atoms with Crippen LogP contribution in [0.25, 0.3) is 11.1 Å². The van der Waals surface area contributed by atoms with E-state index in [-0.39, 0.29) is 6.09 Å². The molecule has 12 heteroatoms. The predicted octanol–water partition coefficient (Wildman–Crippen LogP) is 4.16. The molecule has 0 saturated carbocycles. The number of benzene rings is 1. The van der Waals surface area contributed by atoms with Crippen molar-refractivity contribution < 1.29 is 13.9 Å². The fourth-order valence-electron chi connectivity index (χ4n) is 4.02. The van der Waals surface area contributed by atoms with Gasteiger partial charge in [0.2, 0.25) is 5.95 Å². The summed E-state index contributed by atoms with van der Waals surface area (Å²) in [6.07, 6.45) is 3.17. The number of nitrogens with zero attached hydrogens (tertiary/aromatic N) is 5. The molecule has 1 aliphatic heterocycles. The molecule has 3 N–H and O–H groups in total. The van der Waals surface area contributed by atoms with Crippen molar-refractivity contribution in [3.8, 4) is 0 Å². The second-order valence-electron chi connectivity index (χ2n) is 10.1. The van der Waals surface area contributed by atoms with Crippen LogP contribution in [-0.2, 0) is 4.74 Å². The molecule has 1 saturated heterocycles. The van der Waals surface area contributed by atoms with Crippen molar-refractivity contribution in [1.29, 1.82) is 0 Å². The van der Waals surface area contributed by atoms with E-state index in [0.717, 1.165) is 22.8 Å². The molecule has 0 radical (unpaired) electrons. The highest BCUT2D eigenvalue weighted by atomic mass is 16.6. The Morgan fingerprint density at radius 1 is 1.03 bits per heavy atom. The molecule has 4 heterocycles. The largest absolute Gasteiger partial charge is 0.444 e. The number of anilines is 5. The number of aryl methyl sites for hydroxylation is 1. The van der Waals surface area contributed by atoms with Gasteiger partial charge in [0, 0.05) is 43.6 Å². The van der Waals surface area contributed by atoms with Crippen LogP contribution in [0.5, 0.6) is 0 Å². The third-order valence-electron chi connectivity index (χ3n) is 5.91. The summed E-state index contributed by atoms with van der Waals surface area (Å²) in [6.45, 7) is 10.0. The Labute approximate surface area is 219 Å². The number of H-pyrrole nitrogens is 1. The Morgan fingerprint density at radius 2 is 1.79 bits per heavy atom. The number of fused-ring (bicyclic) bond motifs is 1. The smallest absolute Gasteiger partial charge is 0.417 e. The van der Waals surface area contributed by atoms with E-state index >= 15 is 0 Å². The summed E-state index contributed by atoms with van der Waals surface area (Å²) in [5, 5.41) is 6.45. The molecule has 0 bridgehead atoms. The lowest BCUT2D eigenvalue weighted by Gasteiger charge is -2.36. The lowest BCUT2D eigenvalue weighted by Crippen LogP contribution is -2.50. The number of carbonyl (C=O) groups excluding carboxylic acids is 1. The van der Waals surface area contributed by atoms with Crippen LogP contribution in [0, 0.1) is 6.92 Å². The third kappa shape index (κ3) is 5.85. The molecule has 1 aliphatic rings. The lowest BCUT2D eigenvalue weighted by molar-refractivity contribution is 0.0240. The highest BCUT2D eigenvalue weighted by Crippen LogP contribution is 2.24. The van der Waals surface area contributed by atoms with Crippen LogP contribution in [0.2, 0.25) is 0 Å². The first-order valence-corrected chi connectivity index (χ1v) is 12.3. The monoisotopic (exact) mass is 518 g/mol. The molecular weight excluding hydrogens is 488 g/mol. The number of nitrogens with one attached hydrogen (secondary N) is 3. The van der Waals surface area contributed by atoms with Gasteiger partial charge < -0.3 is 29.6 Å². The Balaban J connectivity index is 1.21. The number of hydrogen-bond acceptors (Lipinski definition) is 10. The molecule has 1 fully saturated rings. The summed E-state index contributed by atoms with van der Waals surface area (Å²) in [5.41, 5.74) is 2.93. The van der Waals surface area contributed by atoms with Crippen LogP contribution in [0.1, 0.15) is 26.3 Å². The number of rotatable bonds is 5. The molecule has 38 heavy (non-hydrogen) atoms. The van der Waals surface area contributed by atoms with E-state index in [1.54, 1.807) is 29.4 Å². The van der Waals surface area contributed by atoms with Crippen molar-refractivity contribution in [2.24, 2.45) is 0 Å². The summed E-state index contributed by atoms with van der Waals surface area (Å²) >= 11 is 0. The first kappa shape index (κ1) is 25.1. The predicted molar refractivity (Wildman–Crippen MR) is 144 cm³/mol. The number of piperazine rings is 1. The minimum atomic E-state index is -0.507. The molecule has 1 aromatic carbocycles. The number of pyridine rings is 1. The van der Waals surface area contributed by atoms with Crippen molar-refractivity contribution in [2.75, 3.05) is 41.7 Å². The highest BCUT2D eigenvalue weighted by Gasteiger charge is 2.26. The van der Waals surface area contributed by atoms with E-state index < -0.39 is 11.4 Å². The molecule has 0 unspecified atom stereocenters. The van der Waals surface area contributed by atoms with Crippen LogP contribution in [0.4, 0.5) is 33.8 Å². The molecule has 3 aromatic heterocycles. The zero-order chi connectivity index (χ0) is 26.9. The van der Waals surface area contributed by atoms with E-state index in [0.29, 0.717) is 49.0 Å². The fourth-order valence-corrected chi connectivity index (χ4v) is 4.02. The molecule has 5 rings (SSSR count). The number of amides is 1. The second kappa shape index (κ2) is 10.0. The van der Waals surface area contributed by atoms with Crippen LogP contribution >= 0.6 is 0 Å². The fraction of sp³-hybridized carbons (Fsp3) is 0.346. The molecule has 0 atom stereocenters. The molecule has 4 aromatic rings. The topological polar surface area (TPSA) is 142 Å². The first-order valence-electron chi connectivity index (χ1n) is 12.3. The Hall–Kier alpha value is -4.61. The summed E-state index contributed by atoms with van der Waals surface area (Å²) in [7, 11) is 0. The van der Waals surface area contributed by atoms with Gasteiger partial charge in [0.15, 0.2) is 5.58 Å². The van der Waals surface area contributed by atoms with Gasteiger partial charge in [-0.3, -0.25) is 4.98 Å². The van der Waals surface area contributed by atoms with E-state index in [1.165, 1.54) is 0 Å². The normalized spacial score (nSPS) is 14.0. The molecule has 12 nitrogen and oxygen atoms in total. The third-order valence-corrected chi connectivity index (χ3v) is 5.91. The zero-order valence-electron chi connectivity index (χ0n) is 21.7. The maximum atomic E-state index is 12.3. The Morgan fingerprint density at radius 3 is 2.50 bits per heavy atom. The summed E-state index contributed by atoms with van der Waals surface area (Å²) in [4.78, 5) is 43.8. The summed E-state index contributed by atoms with van der Waals surface area (Å²) in [5.74, 6) is 1.38. The Bertz CT molecular complexity index is 1500. The van der Waals surface area contributed by atoms with Crippen LogP contribution in [0.3, 0.4) is 0 Å². The van der Waals surface area contributed by atoms with Crippen molar-refractivity contribution >= 4 is 46.2 Å². The number of carbonyl (C=O) groups is 1. The molecule has 198 valence electrons. The maximum absolute atomic E-state index is 12.3. The van der Waals surface area contributed by atoms with Gasteiger partial charge in [-0.15, -0.1) is 0 Å². The quantitative estimate of drug-likeness (QED) is 0.353. The van der Waals surface area contributed by atoms with Crippen LogP contribution < -0.4 is 21.3 Å². The minimum absolute atomic E-state index is 0.284. The molecule has 0 aliphatic carbocycles. The van der Waals surface area contributed by atoms with Gasteiger partial charge >= 0.3 is 11.8 Å². The van der Waals surface area contributed by atoms with Gasteiger partial charge in [-0.25, -0.2) is 19.6 Å². The zero-order valence-corrected chi connectivity index (χ0v) is 21.7. The van der Waals surface area contributed by atoms with Crippen molar-refractivity contribution in [3.05, 3.63) is 58.8 Å². The van der Waals surface area contributed by atoms with E-state index in [1.807, 2.05) is 45.9 Å². The SMILES string of the molecule is Cc1cnc(Nc2ccc(N3CCN(C(=O)OC(C)(C)C)CC3)nc2)nc1Nc1ccc2oc(=O)[nH]c2c1. The van der Waals surface area contributed by atoms with E-state index in [9.17, 15) is 9.59 Å². The minimum Gasteiger partial charge on any atom is -0.444 e. The van der Waals surface area contributed by atoms with Gasteiger partial charge in [0.25, 0.3) is 0 Å². The standard InChI is InChI=1S/C26H30N8O4/c1-16-14-28-23(32-22(16)29-17-5-7-20-19(13-17)31-24(35)37-20)30-18-6-8-21(27-15-18)33-9-11-34(12-10-33)25(36)38-26(2,3)4/h5-8,13-15H,9-12H2,1-4H3,(H,31,35)(H2,28,29,30,32). The molecular formula is C26H30N8O4. The van der Waals surface area contributed by atoms with Crippen molar-refractivity contribution in [3.63, 3.8) is 0 Å². The summed E-state index contributed by atoms with van der Waals surface area (Å²) < 4.78 is 10.5. The number of hydrogen-bond donors (Lipinski definition) is 3. The highest BCUT2D eigenvalue weighted by molar-refractivity contribution is 5.78. The van der Waals surface area contributed by atoms with Crippen molar-refractivity contribution in [2.45, 2.75) is 33.3 Å². The van der Waals surface area contributed by atoms with Gasteiger partial charge in [-0.1, -0.05) is 0 Å². The van der Waals surface area contributed by atoms with Gasteiger partial charge in [0.05, 0.1) is 17.4 Å².